The molecule has 1 aromatic heterocycles. The lowest BCUT2D eigenvalue weighted by Gasteiger charge is -2.27. The Bertz CT molecular complexity index is 694. The van der Waals surface area contributed by atoms with Gasteiger partial charge in [-0.1, -0.05) is 0 Å². The van der Waals surface area contributed by atoms with Gasteiger partial charge in [-0.3, -0.25) is 0 Å². The van der Waals surface area contributed by atoms with Crippen molar-refractivity contribution in [3.8, 4) is 5.75 Å². The van der Waals surface area contributed by atoms with Gasteiger partial charge in [0.25, 0.3) is 0 Å². The van der Waals surface area contributed by atoms with Crippen LogP contribution in [0.15, 0.2) is 12.1 Å². The Labute approximate surface area is 126 Å². The van der Waals surface area contributed by atoms with Crippen LogP contribution in [0.1, 0.15) is 22.6 Å². The first-order chi connectivity index (χ1) is 10.1. The lowest BCUT2D eigenvalue weighted by molar-refractivity contribution is -0.0589. The van der Waals surface area contributed by atoms with Crippen LogP contribution in [0, 0.1) is 0 Å². The molecular formula is C14H15ClN2O4. The standard InChI is InChI=1S/C14H15ClN2O4/c1-20-12-5-10-11(4-9(12)14(18)19)17(13(6-15)16-10)7-8-2-3-21-8/h4-5,8H,2-3,6-7H2,1H3,(H,18,19)/t8-/m0/s1. The number of carboxylic acid groups (broad SMARTS) is 1. The zero-order chi connectivity index (χ0) is 15.0. The molecule has 6 nitrogen and oxygen atoms in total. The fraction of sp³-hybridized carbons (Fsp3) is 0.429. The van der Waals surface area contributed by atoms with Gasteiger partial charge in [0.15, 0.2) is 0 Å². The molecule has 1 atom stereocenters. The van der Waals surface area contributed by atoms with Crippen LogP contribution in [0.5, 0.6) is 5.75 Å². The van der Waals surface area contributed by atoms with Gasteiger partial charge in [0, 0.05) is 12.7 Å². The van der Waals surface area contributed by atoms with Gasteiger partial charge >= 0.3 is 5.97 Å². The summed E-state index contributed by atoms with van der Waals surface area (Å²) in [6.07, 6.45) is 1.13. The average molecular weight is 311 g/mol. The monoisotopic (exact) mass is 310 g/mol. The number of alkyl halides is 1. The molecule has 1 aliphatic heterocycles. The summed E-state index contributed by atoms with van der Waals surface area (Å²) in [5.74, 6) is 0.216. The highest BCUT2D eigenvalue weighted by molar-refractivity contribution is 6.16. The number of aromatic carboxylic acids is 1. The van der Waals surface area contributed by atoms with Crippen LogP contribution in [0.4, 0.5) is 0 Å². The fourth-order valence-corrected chi connectivity index (χ4v) is 2.68. The number of aromatic nitrogens is 2. The SMILES string of the molecule is COc1cc2nc(CCl)n(C[C@@H]3CCO3)c2cc1C(=O)O. The van der Waals surface area contributed by atoms with Crippen LogP contribution in [-0.4, -0.2) is 40.4 Å². The number of rotatable bonds is 5. The number of hydrogen-bond acceptors (Lipinski definition) is 4. The first-order valence-corrected chi connectivity index (χ1v) is 7.15. The average Bonchev–Trinajstić information content (AvgIpc) is 2.77. The molecule has 0 aliphatic carbocycles. The molecule has 3 rings (SSSR count). The topological polar surface area (TPSA) is 73.6 Å². The van der Waals surface area contributed by atoms with E-state index in [-0.39, 0.29) is 17.5 Å². The summed E-state index contributed by atoms with van der Waals surface area (Å²) < 4.78 is 12.5. The highest BCUT2D eigenvalue weighted by atomic mass is 35.5. The van der Waals surface area contributed by atoms with Gasteiger partial charge in [0.2, 0.25) is 0 Å². The summed E-state index contributed by atoms with van der Waals surface area (Å²) >= 11 is 5.95. The molecule has 1 aromatic carbocycles. The minimum atomic E-state index is -1.03. The van der Waals surface area contributed by atoms with E-state index in [0.717, 1.165) is 18.5 Å². The first kappa shape index (κ1) is 14.2. The van der Waals surface area contributed by atoms with Crippen molar-refractivity contribution in [2.24, 2.45) is 0 Å². The molecule has 112 valence electrons. The van der Waals surface area contributed by atoms with Crippen molar-refractivity contribution in [1.82, 2.24) is 9.55 Å². The highest BCUT2D eigenvalue weighted by Gasteiger charge is 2.23. The Kier molecular flexibility index (Phi) is 3.73. The molecule has 0 radical (unpaired) electrons. The molecule has 0 amide bonds. The maximum absolute atomic E-state index is 11.3. The number of nitrogens with zero attached hydrogens (tertiary/aromatic N) is 2. The summed E-state index contributed by atoms with van der Waals surface area (Å²) in [6, 6.07) is 3.21. The number of halogens is 1. The number of carbonyl (C=O) groups is 1. The number of imidazole rings is 1. The molecule has 0 bridgehead atoms. The molecule has 0 unspecified atom stereocenters. The van der Waals surface area contributed by atoms with Crippen LogP contribution in [0.2, 0.25) is 0 Å². The van der Waals surface area contributed by atoms with Crippen molar-refractivity contribution >= 4 is 28.6 Å². The molecule has 0 spiro atoms. The Balaban J connectivity index is 2.14. The van der Waals surface area contributed by atoms with Crippen molar-refractivity contribution in [3.63, 3.8) is 0 Å². The molecule has 1 aliphatic rings. The van der Waals surface area contributed by atoms with E-state index in [1.165, 1.54) is 7.11 Å². The number of hydrogen-bond donors (Lipinski definition) is 1. The lowest BCUT2D eigenvalue weighted by atomic mass is 10.1. The van der Waals surface area contributed by atoms with E-state index in [1.54, 1.807) is 12.1 Å². The molecule has 1 N–H and O–H groups in total. The largest absolute Gasteiger partial charge is 0.496 e. The van der Waals surface area contributed by atoms with Gasteiger partial charge in [0.1, 0.15) is 17.1 Å². The third kappa shape index (κ3) is 2.45. The fourth-order valence-electron chi connectivity index (χ4n) is 2.48. The van der Waals surface area contributed by atoms with E-state index in [2.05, 4.69) is 4.98 Å². The summed E-state index contributed by atoms with van der Waals surface area (Å²) in [5, 5.41) is 9.29. The smallest absolute Gasteiger partial charge is 0.339 e. The zero-order valence-corrected chi connectivity index (χ0v) is 12.3. The second-order valence-electron chi connectivity index (χ2n) is 4.90. The van der Waals surface area contributed by atoms with Crippen LogP contribution in [0.3, 0.4) is 0 Å². The van der Waals surface area contributed by atoms with Gasteiger partial charge in [-0.15, -0.1) is 11.6 Å². The van der Waals surface area contributed by atoms with Gasteiger partial charge in [-0.2, -0.15) is 0 Å². The van der Waals surface area contributed by atoms with Crippen LogP contribution >= 0.6 is 11.6 Å². The van der Waals surface area contributed by atoms with E-state index in [9.17, 15) is 9.90 Å². The number of fused-ring (bicyclic) bond motifs is 1. The maximum atomic E-state index is 11.3. The summed E-state index contributed by atoms with van der Waals surface area (Å²) in [4.78, 5) is 15.8. The Morgan fingerprint density at radius 3 is 2.90 bits per heavy atom. The Morgan fingerprint density at radius 2 is 2.38 bits per heavy atom. The summed E-state index contributed by atoms with van der Waals surface area (Å²) in [5.41, 5.74) is 1.52. The van der Waals surface area contributed by atoms with E-state index in [4.69, 9.17) is 21.1 Å². The van der Waals surface area contributed by atoms with Crippen molar-refractivity contribution in [2.75, 3.05) is 13.7 Å². The van der Waals surface area contributed by atoms with Crippen molar-refractivity contribution in [3.05, 3.63) is 23.5 Å². The Hall–Kier alpha value is -1.79. The predicted octanol–water partition coefficient (Wildman–Crippen LogP) is 2.27. The second-order valence-corrected chi connectivity index (χ2v) is 5.17. The van der Waals surface area contributed by atoms with Gasteiger partial charge in [-0.25, -0.2) is 9.78 Å². The molecule has 2 aromatic rings. The summed E-state index contributed by atoms with van der Waals surface area (Å²) in [7, 11) is 1.44. The van der Waals surface area contributed by atoms with E-state index in [0.29, 0.717) is 23.6 Å². The van der Waals surface area contributed by atoms with Crippen LogP contribution < -0.4 is 4.74 Å². The normalized spacial score (nSPS) is 17.7. The molecule has 0 saturated carbocycles. The van der Waals surface area contributed by atoms with E-state index < -0.39 is 5.97 Å². The molecule has 1 fully saturated rings. The Morgan fingerprint density at radius 1 is 1.62 bits per heavy atom. The third-order valence-corrected chi connectivity index (χ3v) is 3.92. The molecular weight excluding hydrogens is 296 g/mol. The van der Waals surface area contributed by atoms with E-state index in [1.807, 2.05) is 4.57 Å². The molecule has 7 heteroatoms. The molecule has 2 heterocycles. The quantitative estimate of drug-likeness (QED) is 0.858. The van der Waals surface area contributed by atoms with Crippen molar-refractivity contribution in [2.45, 2.75) is 24.9 Å². The van der Waals surface area contributed by atoms with Crippen molar-refractivity contribution in [1.29, 1.82) is 0 Å². The van der Waals surface area contributed by atoms with Gasteiger partial charge < -0.3 is 19.1 Å². The van der Waals surface area contributed by atoms with Crippen LogP contribution in [0.25, 0.3) is 11.0 Å². The van der Waals surface area contributed by atoms with Gasteiger partial charge in [0.05, 0.1) is 36.7 Å². The lowest BCUT2D eigenvalue weighted by Crippen LogP contribution is -2.31. The number of carboxylic acids is 1. The minimum absolute atomic E-state index is 0.113. The van der Waals surface area contributed by atoms with Gasteiger partial charge in [-0.05, 0) is 12.5 Å². The van der Waals surface area contributed by atoms with Crippen molar-refractivity contribution < 1.29 is 19.4 Å². The summed E-state index contributed by atoms with van der Waals surface area (Å²) in [6.45, 7) is 1.39. The second kappa shape index (κ2) is 5.54. The molecule has 21 heavy (non-hydrogen) atoms. The number of methoxy groups -OCH3 is 1. The predicted molar refractivity (Wildman–Crippen MR) is 77.2 cm³/mol. The zero-order valence-electron chi connectivity index (χ0n) is 11.5. The maximum Gasteiger partial charge on any atom is 0.339 e. The van der Waals surface area contributed by atoms with E-state index >= 15 is 0 Å². The first-order valence-electron chi connectivity index (χ1n) is 6.62. The third-order valence-electron chi connectivity index (χ3n) is 3.68. The van der Waals surface area contributed by atoms with Crippen LogP contribution in [-0.2, 0) is 17.2 Å². The highest BCUT2D eigenvalue weighted by Crippen LogP contribution is 2.28. The number of benzene rings is 1. The molecule has 1 saturated heterocycles. The number of ether oxygens (including phenoxy) is 2. The minimum Gasteiger partial charge on any atom is -0.496 e.